The summed E-state index contributed by atoms with van der Waals surface area (Å²) in [6, 6.07) is 5.98. The number of methoxy groups -OCH3 is 1. The van der Waals surface area contributed by atoms with Crippen LogP contribution in [0.25, 0.3) is 0 Å². The van der Waals surface area contributed by atoms with Crippen molar-refractivity contribution >= 4 is 17.3 Å². The highest BCUT2D eigenvalue weighted by atomic mass is 35.5. The van der Waals surface area contributed by atoms with Crippen molar-refractivity contribution in [3.63, 3.8) is 0 Å². The smallest absolute Gasteiger partial charge is 0.0741 e. The van der Waals surface area contributed by atoms with Gasteiger partial charge in [0.25, 0.3) is 0 Å². The predicted molar refractivity (Wildman–Crippen MR) is 87.0 cm³/mol. The van der Waals surface area contributed by atoms with Crippen molar-refractivity contribution < 1.29 is 9.84 Å². The third kappa shape index (κ3) is 4.33. The number of para-hydroxylation sites is 1. The maximum absolute atomic E-state index is 10.1. The number of rotatable bonds is 6. The molecule has 2 atom stereocenters. The van der Waals surface area contributed by atoms with E-state index in [2.05, 4.69) is 23.2 Å². The van der Waals surface area contributed by atoms with Crippen LogP contribution in [0.1, 0.15) is 18.9 Å². The lowest BCUT2D eigenvalue weighted by Crippen LogP contribution is -2.43. The van der Waals surface area contributed by atoms with Crippen LogP contribution in [0.15, 0.2) is 18.2 Å². The zero-order valence-electron chi connectivity index (χ0n) is 12.8. The Bertz CT molecular complexity index is 456. The second kappa shape index (κ2) is 7.99. The molecule has 2 N–H and O–H groups in total. The number of aliphatic hydroxyl groups is 1. The van der Waals surface area contributed by atoms with Crippen molar-refractivity contribution in [2.24, 2.45) is 5.92 Å². The molecular weight excluding hydrogens is 288 g/mol. The number of nitrogens with one attached hydrogen (secondary N) is 1. The molecule has 0 spiro atoms. The third-order valence-corrected chi connectivity index (χ3v) is 4.41. The maximum Gasteiger partial charge on any atom is 0.0741 e. The van der Waals surface area contributed by atoms with E-state index in [0.29, 0.717) is 19.1 Å². The highest BCUT2D eigenvalue weighted by Gasteiger charge is 2.26. The molecule has 1 saturated heterocycles. The van der Waals surface area contributed by atoms with Crippen LogP contribution in [0.3, 0.4) is 0 Å². The molecule has 0 aliphatic carbocycles. The van der Waals surface area contributed by atoms with E-state index in [-0.39, 0.29) is 6.10 Å². The number of hydrogen-bond donors (Lipinski definition) is 2. The molecule has 118 valence electrons. The standard InChI is InChI=1S/C16H25ClN2O2/c1-12-6-8-19(11-15(12)20)16-13(4-3-5-14(16)17)10-18-7-9-21-2/h3-5,12,15,18,20H,6-11H2,1-2H3. The molecule has 2 rings (SSSR count). The normalized spacial score (nSPS) is 22.6. The van der Waals surface area contributed by atoms with Gasteiger partial charge in [0.1, 0.15) is 0 Å². The first-order valence-corrected chi connectivity index (χ1v) is 7.91. The Morgan fingerprint density at radius 1 is 1.48 bits per heavy atom. The molecule has 21 heavy (non-hydrogen) atoms. The molecule has 0 radical (unpaired) electrons. The summed E-state index contributed by atoms with van der Waals surface area (Å²) in [5, 5.41) is 14.2. The molecule has 1 aliphatic heterocycles. The average Bonchev–Trinajstić information content (AvgIpc) is 2.47. The molecule has 0 aromatic heterocycles. The van der Waals surface area contributed by atoms with Crippen molar-refractivity contribution in [1.29, 1.82) is 0 Å². The van der Waals surface area contributed by atoms with Crippen molar-refractivity contribution in [3.8, 4) is 0 Å². The Hall–Kier alpha value is -0.810. The van der Waals surface area contributed by atoms with Crippen molar-refractivity contribution in [3.05, 3.63) is 28.8 Å². The second-order valence-corrected chi connectivity index (χ2v) is 6.10. The minimum atomic E-state index is -0.288. The van der Waals surface area contributed by atoms with Gasteiger partial charge in [-0.2, -0.15) is 0 Å². The van der Waals surface area contributed by atoms with Crippen LogP contribution in [0.2, 0.25) is 5.02 Å². The van der Waals surface area contributed by atoms with Crippen molar-refractivity contribution in [2.75, 3.05) is 38.3 Å². The summed E-state index contributed by atoms with van der Waals surface area (Å²) in [7, 11) is 1.70. The third-order valence-electron chi connectivity index (χ3n) is 4.10. The zero-order valence-corrected chi connectivity index (χ0v) is 13.6. The molecule has 0 amide bonds. The Morgan fingerprint density at radius 3 is 3.00 bits per heavy atom. The lowest BCUT2D eigenvalue weighted by molar-refractivity contribution is 0.103. The molecular formula is C16H25ClN2O2. The van der Waals surface area contributed by atoms with Gasteiger partial charge in [0, 0.05) is 33.3 Å². The second-order valence-electron chi connectivity index (χ2n) is 5.70. The van der Waals surface area contributed by atoms with Crippen LogP contribution in [-0.4, -0.2) is 44.6 Å². The number of ether oxygens (including phenoxy) is 1. The van der Waals surface area contributed by atoms with Gasteiger partial charge in [-0.25, -0.2) is 0 Å². The monoisotopic (exact) mass is 312 g/mol. The lowest BCUT2D eigenvalue weighted by Gasteiger charge is -2.37. The van der Waals surface area contributed by atoms with Gasteiger partial charge >= 0.3 is 0 Å². The molecule has 1 aromatic rings. The van der Waals surface area contributed by atoms with E-state index >= 15 is 0 Å². The number of benzene rings is 1. The number of hydrogen-bond acceptors (Lipinski definition) is 4. The van der Waals surface area contributed by atoms with E-state index in [9.17, 15) is 5.11 Å². The van der Waals surface area contributed by atoms with Crippen LogP contribution < -0.4 is 10.2 Å². The van der Waals surface area contributed by atoms with E-state index in [0.717, 1.165) is 36.8 Å². The molecule has 0 saturated carbocycles. The summed E-state index contributed by atoms with van der Waals surface area (Å²) in [6.07, 6.45) is 0.701. The van der Waals surface area contributed by atoms with Crippen LogP contribution in [-0.2, 0) is 11.3 Å². The number of piperidine rings is 1. The molecule has 1 heterocycles. The summed E-state index contributed by atoms with van der Waals surface area (Å²) in [6.45, 7) is 5.93. The fourth-order valence-electron chi connectivity index (χ4n) is 2.71. The SMILES string of the molecule is COCCNCc1cccc(Cl)c1N1CCC(C)C(O)C1. The largest absolute Gasteiger partial charge is 0.391 e. The highest BCUT2D eigenvalue weighted by Crippen LogP contribution is 2.33. The number of nitrogens with zero attached hydrogens (tertiary/aromatic N) is 1. The van der Waals surface area contributed by atoms with Gasteiger partial charge in [0.05, 0.1) is 23.4 Å². The molecule has 2 unspecified atom stereocenters. The lowest BCUT2D eigenvalue weighted by atomic mass is 9.95. The van der Waals surface area contributed by atoms with Crippen LogP contribution in [0, 0.1) is 5.92 Å². The molecule has 1 aliphatic rings. The summed E-state index contributed by atoms with van der Waals surface area (Å²) < 4.78 is 5.04. The van der Waals surface area contributed by atoms with Crippen molar-refractivity contribution in [2.45, 2.75) is 26.0 Å². The van der Waals surface area contributed by atoms with E-state index in [4.69, 9.17) is 16.3 Å². The minimum Gasteiger partial charge on any atom is -0.391 e. The summed E-state index contributed by atoms with van der Waals surface area (Å²) in [5.41, 5.74) is 2.22. The number of anilines is 1. The first kappa shape index (κ1) is 16.6. The van der Waals surface area contributed by atoms with Gasteiger partial charge in [0.2, 0.25) is 0 Å². The molecule has 1 fully saturated rings. The van der Waals surface area contributed by atoms with E-state index in [1.54, 1.807) is 7.11 Å². The Morgan fingerprint density at radius 2 is 2.29 bits per heavy atom. The zero-order chi connectivity index (χ0) is 15.2. The average molecular weight is 313 g/mol. The summed E-state index contributed by atoms with van der Waals surface area (Å²) in [5.74, 6) is 0.354. The molecule has 1 aromatic carbocycles. The molecule has 0 bridgehead atoms. The van der Waals surface area contributed by atoms with Gasteiger partial charge in [-0.3, -0.25) is 0 Å². The predicted octanol–water partition coefficient (Wildman–Crippen LogP) is 2.28. The minimum absolute atomic E-state index is 0.288. The fraction of sp³-hybridized carbons (Fsp3) is 0.625. The molecule has 4 nitrogen and oxygen atoms in total. The van der Waals surface area contributed by atoms with Crippen LogP contribution in [0.4, 0.5) is 5.69 Å². The topological polar surface area (TPSA) is 44.7 Å². The maximum atomic E-state index is 10.1. The molecule has 5 heteroatoms. The van der Waals surface area contributed by atoms with Gasteiger partial charge in [-0.1, -0.05) is 30.7 Å². The Kier molecular flexibility index (Phi) is 6.30. The highest BCUT2D eigenvalue weighted by molar-refractivity contribution is 6.33. The van der Waals surface area contributed by atoms with E-state index in [1.807, 2.05) is 12.1 Å². The first-order chi connectivity index (χ1) is 10.1. The van der Waals surface area contributed by atoms with Crippen molar-refractivity contribution in [1.82, 2.24) is 5.32 Å². The van der Waals surface area contributed by atoms with Gasteiger partial charge in [0.15, 0.2) is 0 Å². The van der Waals surface area contributed by atoms with Crippen LogP contribution >= 0.6 is 11.6 Å². The quantitative estimate of drug-likeness (QED) is 0.791. The number of β-amino-alcohol motifs (C(OH)–C–C–N with tert-alkyl or cyclic N) is 1. The van der Waals surface area contributed by atoms with E-state index < -0.39 is 0 Å². The summed E-state index contributed by atoms with van der Waals surface area (Å²) >= 11 is 6.41. The first-order valence-electron chi connectivity index (χ1n) is 7.53. The summed E-state index contributed by atoms with van der Waals surface area (Å²) in [4.78, 5) is 2.21. The van der Waals surface area contributed by atoms with Gasteiger partial charge in [-0.15, -0.1) is 0 Å². The van der Waals surface area contributed by atoms with Gasteiger partial charge in [-0.05, 0) is 24.0 Å². The van der Waals surface area contributed by atoms with Crippen LogP contribution in [0.5, 0.6) is 0 Å². The van der Waals surface area contributed by atoms with Gasteiger partial charge < -0.3 is 20.1 Å². The number of aliphatic hydroxyl groups excluding tert-OH is 1. The Labute approximate surface area is 132 Å². The fourth-order valence-corrected chi connectivity index (χ4v) is 3.02. The van der Waals surface area contributed by atoms with E-state index in [1.165, 1.54) is 5.56 Å². The Balaban J connectivity index is 2.10. The number of halogens is 1.